The van der Waals surface area contributed by atoms with Gasteiger partial charge >= 0.3 is 6.03 Å². The number of urea groups is 1. The molecule has 1 saturated heterocycles. The highest BCUT2D eigenvalue weighted by Gasteiger charge is 2.46. The number of carbonyl (C=O) groups is 1. The Morgan fingerprint density at radius 2 is 1.94 bits per heavy atom. The smallest absolute Gasteiger partial charge is 0.326 e. The lowest BCUT2D eigenvalue weighted by molar-refractivity contribution is -0.0517. The fourth-order valence-corrected chi connectivity index (χ4v) is 1.67. The number of aryl methyl sites for hydroxylation is 1. The van der Waals surface area contributed by atoms with E-state index >= 15 is 0 Å². The van der Waals surface area contributed by atoms with Crippen LogP contribution in [0.2, 0.25) is 0 Å². The second-order valence-corrected chi connectivity index (χ2v) is 4.16. The highest BCUT2D eigenvalue weighted by molar-refractivity contribution is 5.95. The normalized spacial score (nSPS) is 29.4. The van der Waals surface area contributed by atoms with Crippen LogP contribution in [0.1, 0.15) is 12.5 Å². The van der Waals surface area contributed by atoms with Gasteiger partial charge in [0.1, 0.15) is 0 Å². The molecule has 0 aromatic heterocycles. The maximum Gasteiger partial charge on any atom is 0.326 e. The fraction of sp³-hybridized carbons (Fsp3) is 0.364. The molecule has 3 N–H and O–H groups in total. The Kier molecular flexibility index (Phi) is 2.36. The van der Waals surface area contributed by atoms with Crippen LogP contribution in [-0.4, -0.2) is 28.2 Å². The van der Waals surface area contributed by atoms with Crippen LogP contribution in [-0.2, 0) is 0 Å². The number of aliphatic hydroxyl groups is 2. The summed E-state index contributed by atoms with van der Waals surface area (Å²) in [6.45, 7) is 3.28. The van der Waals surface area contributed by atoms with Gasteiger partial charge in [0.2, 0.25) is 0 Å². The van der Waals surface area contributed by atoms with Crippen LogP contribution < -0.4 is 10.2 Å². The molecule has 0 radical (unpaired) electrons. The van der Waals surface area contributed by atoms with E-state index in [4.69, 9.17) is 0 Å². The number of carbonyl (C=O) groups excluding carboxylic acids is 1. The molecule has 2 unspecified atom stereocenters. The first-order chi connectivity index (χ1) is 7.42. The van der Waals surface area contributed by atoms with Crippen molar-refractivity contribution in [3.8, 4) is 0 Å². The predicted octanol–water partition coefficient (Wildman–Crippen LogP) is 0.552. The molecule has 5 heteroatoms. The van der Waals surface area contributed by atoms with Crippen molar-refractivity contribution < 1.29 is 15.0 Å². The van der Waals surface area contributed by atoms with Crippen molar-refractivity contribution >= 4 is 11.7 Å². The molecule has 0 spiro atoms. The first kappa shape index (κ1) is 10.9. The Hall–Kier alpha value is -1.59. The fourth-order valence-electron chi connectivity index (χ4n) is 1.67. The van der Waals surface area contributed by atoms with Crippen molar-refractivity contribution in [2.24, 2.45) is 0 Å². The van der Waals surface area contributed by atoms with Gasteiger partial charge in [-0.1, -0.05) is 17.7 Å². The van der Waals surface area contributed by atoms with Crippen molar-refractivity contribution in [1.82, 2.24) is 5.32 Å². The van der Waals surface area contributed by atoms with Gasteiger partial charge in [-0.15, -0.1) is 0 Å². The third-order valence-electron chi connectivity index (χ3n) is 2.64. The largest absolute Gasteiger partial charge is 0.369 e. The summed E-state index contributed by atoms with van der Waals surface area (Å²) < 4.78 is 0. The molecule has 1 aliphatic rings. The lowest BCUT2D eigenvalue weighted by atomic mass is 10.2. The van der Waals surface area contributed by atoms with Gasteiger partial charge in [-0.25, -0.2) is 4.79 Å². The van der Waals surface area contributed by atoms with E-state index < -0.39 is 18.0 Å². The summed E-state index contributed by atoms with van der Waals surface area (Å²) in [5.41, 5.74) is -0.0138. The SMILES string of the molecule is Cc1ccc(N2C(=O)NC(C)(O)C2O)cc1. The van der Waals surface area contributed by atoms with Crippen LogP contribution in [0.4, 0.5) is 10.5 Å². The summed E-state index contributed by atoms with van der Waals surface area (Å²) in [5, 5.41) is 21.8. The van der Waals surface area contributed by atoms with Crippen molar-refractivity contribution in [3.63, 3.8) is 0 Å². The Labute approximate surface area is 93.3 Å². The van der Waals surface area contributed by atoms with Gasteiger partial charge in [0.15, 0.2) is 12.0 Å². The third kappa shape index (κ3) is 1.64. The molecule has 2 atom stereocenters. The van der Waals surface area contributed by atoms with Crippen LogP contribution in [0.15, 0.2) is 24.3 Å². The quantitative estimate of drug-likeness (QED) is 0.649. The maximum absolute atomic E-state index is 11.6. The van der Waals surface area contributed by atoms with Gasteiger partial charge in [-0.05, 0) is 26.0 Å². The van der Waals surface area contributed by atoms with Crippen LogP contribution in [0.5, 0.6) is 0 Å². The summed E-state index contributed by atoms with van der Waals surface area (Å²) in [6.07, 6.45) is -1.29. The van der Waals surface area contributed by atoms with Crippen molar-refractivity contribution in [2.75, 3.05) is 4.90 Å². The first-order valence-electron chi connectivity index (χ1n) is 5.00. The average molecular weight is 222 g/mol. The first-order valence-corrected chi connectivity index (χ1v) is 5.00. The minimum atomic E-state index is -1.62. The molecule has 0 aliphatic carbocycles. The summed E-state index contributed by atoms with van der Waals surface area (Å²) in [7, 11) is 0. The van der Waals surface area contributed by atoms with Gasteiger partial charge in [0, 0.05) is 5.69 Å². The third-order valence-corrected chi connectivity index (χ3v) is 2.64. The Morgan fingerprint density at radius 1 is 1.38 bits per heavy atom. The van der Waals surface area contributed by atoms with Crippen LogP contribution >= 0.6 is 0 Å². The van der Waals surface area contributed by atoms with Gasteiger partial charge in [0.05, 0.1) is 0 Å². The number of nitrogens with zero attached hydrogens (tertiary/aromatic N) is 1. The summed E-state index contributed by atoms with van der Waals surface area (Å²) in [5.74, 6) is 0. The molecular weight excluding hydrogens is 208 g/mol. The monoisotopic (exact) mass is 222 g/mol. The van der Waals surface area contributed by atoms with E-state index in [1.807, 2.05) is 19.1 Å². The zero-order valence-electron chi connectivity index (χ0n) is 9.14. The molecule has 16 heavy (non-hydrogen) atoms. The molecule has 1 aromatic rings. The lowest BCUT2D eigenvalue weighted by Gasteiger charge is -2.24. The van der Waals surface area contributed by atoms with Crippen molar-refractivity contribution in [1.29, 1.82) is 0 Å². The van der Waals surface area contributed by atoms with Gasteiger partial charge in [-0.2, -0.15) is 0 Å². The molecular formula is C11H14N2O3. The van der Waals surface area contributed by atoms with E-state index in [2.05, 4.69) is 5.32 Å². The van der Waals surface area contributed by atoms with E-state index in [1.165, 1.54) is 6.92 Å². The summed E-state index contributed by atoms with van der Waals surface area (Å²) >= 11 is 0. The molecule has 1 heterocycles. The number of hydrogen-bond acceptors (Lipinski definition) is 3. The minimum absolute atomic E-state index is 0.513. The molecule has 0 bridgehead atoms. The summed E-state index contributed by atoms with van der Waals surface area (Å²) in [4.78, 5) is 12.7. The van der Waals surface area contributed by atoms with Gasteiger partial charge in [0.25, 0.3) is 0 Å². The zero-order valence-corrected chi connectivity index (χ0v) is 9.14. The number of benzene rings is 1. The number of nitrogens with one attached hydrogen (secondary N) is 1. The van der Waals surface area contributed by atoms with Crippen LogP contribution in [0.3, 0.4) is 0 Å². The minimum Gasteiger partial charge on any atom is -0.369 e. The number of anilines is 1. The topological polar surface area (TPSA) is 72.8 Å². The Balaban J connectivity index is 2.35. The molecule has 0 saturated carbocycles. The highest BCUT2D eigenvalue weighted by atomic mass is 16.4. The standard InChI is InChI=1S/C11H14N2O3/c1-7-3-5-8(6-4-7)13-9(14)11(2,16)12-10(13)15/h3-6,9,14,16H,1-2H3,(H,12,15). The zero-order chi connectivity index (χ0) is 11.9. The number of amides is 2. The average Bonchev–Trinajstić information content (AvgIpc) is 2.39. The van der Waals surface area contributed by atoms with E-state index in [1.54, 1.807) is 12.1 Å². The lowest BCUT2D eigenvalue weighted by Crippen LogP contribution is -2.47. The second-order valence-electron chi connectivity index (χ2n) is 4.16. The molecule has 1 aliphatic heterocycles. The molecule has 5 nitrogen and oxygen atoms in total. The highest BCUT2D eigenvalue weighted by Crippen LogP contribution is 2.26. The molecule has 1 fully saturated rings. The Morgan fingerprint density at radius 3 is 2.38 bits per heavy atom. The summed E-state index contributed by atoms with van der Waals surface area (Å²) in [6, 6.07) is 6.60. The van der Waals surface area contributed by atoms with Crippen molar-refractivity contribution in [2.45, 2.75) is 25.8 Å². The molecule has 1 aromatic carbocycles. The maximum atomic E-state index is 11.6. The number of aliphatic hydroxyl groups excluding tert-OH is 1. The van der Waals surface area contributed by atoms with Crippen LogP contribution in [0, 0.1) is 6.92 Å². The molecule has 86 valence electrons. The van der Waals surface area contributed by atoms with E-state index in [-0.39, 0.29) is 0 Å². The van der Waals surface area contributed by atoms with Gasteiger partial charge in [-0.3, -0.25) is 4.90 Å². The Bertz CT molecular complexity index is 414. The second kappa shape index (κ2) is 3.47. The van der Waals surface area contributed by atoms with Gasteiger partial charge < -0.3 is 15.5 Å². The van der Waals surface area contributed by atoms with E-state index in [0.29, 0.717) is 5.69 Å². The number of rotatable bonds is 1. The molecule has 2 rings (SSSR count). The molecule has 2 amide bonds. The van der Waals surface area contributed by atoms with Crippen molar-refractivity contribution in [3.05, 3.63) is 29.8 Å². The predicted molar refractivity (Wildman–Crippen MR) is 58.8 cm³/mol. The van der Waals surface area contributed by atoms with Crippen LogP contribution in [0.25, 0.3) is 0 Å². The number of hydrogen-bond donors (Lipinski definition) is 3. The van der Waals surface area contributed by atoms with E-state index in [9.17, 15) is 15.0 Å². The van der Waals surface area contributed by atoms with E-state index in [0.717, 1.165) is 10.5 Å².